The summed E-state index contributed by atoms with van der Waals surface area (Å²) in [6, 6.07) is 3.37. The molecule has 6 heteroatoms. The van der Waals surface area contributed by atoms with E-state index in [0.717, 1.165) is 29.4 Å². The highest BCUT2D eigenvalue weighted by molar-refractivity contribution is 5.94. The van der Waals surface area contributed by atoms with E-state index in [4.69, 9.17) is 4.52 Å². The van der Waals surface area contributed by atoms with Crippen LogP contribution in [-0.4, -0.2) is 22.6 Å². The molecule has 0 saturated carbocycles. The van der Waals surface area contributed by atoms with E-state index in [1.165, 1.54) is 0 Å². The van der Waals surface area contributed by atoms with Crippen LogP contribution in [-0.2, 0) is 0 Å². The third kappa shape index (κ3) is 3.39. The Labute approximate surface area is 123 Å². The van der Waals surface area contributed by atoms with E-state index >= 15 is 0 Å². The topological polar surface area (TPSA) is 80.0 Å². The highest BCUT2D eigenvalue weighted by Gasteiger charge is 2.19. The number of hydrogen-bond acceptors (Lipinski definition) is 5. The molecule has 2 heterocycles. The fourth-order valence-corrected chi connectivity index (χ4v) is 2.27. The van der Waals surface area contributed by atoms with Crippen LogP contribution < -0.4 is 10.6 Å². The second kappa shape index (κ2) is 6.39. The average molecular weight is 288 g/mol. The standard InChI is InChI=1S/C15H20N4O2/c1-5-16-13-7-6-12(8-17-13)15(20)18-9(2)14-10(3)19-21-11(14)4/h6-9H,5H2,1-4H3,(H,16,17)(H,18,20). The van der Waals surface area contributed by atoms with Gasteiger partial charge < -0.3 is 15.2 Å². The van der Waals surface area contributed by atoms with Crippen LogP contribution in [0.2, 0.25) is 0 Å². The molecule has 2 aromatic rings. The molecule has 2 rings (SSSR count). The van der Waals surface area contributed by atoms with Gasteiger partial charge >= 0.3 is 0 Å². The van der Waals surface area contributed by atoms with Gasteiger partial charge in [0.1, 0.15) is 11.6 Å². The first kappa shape index (κ1) is 15.0. The summed E-state index contributed by atoms with van der Waals surface area (Å²) in [6.45, 7) is 8.39. The fourth-order valence-electron chi connectivity index (χ4n) is 2.27. The molecule has 0 aliphatic carbocycles. The first-order chi connectivity index (χ1) is 10.0. The minimum absolute atomic E-state index is 0.168. The first-order valence-electron chi connectivity index (χ1n) is 6.96. The summed E-state index contributed by atoms with van der Waals surface area (Å²) in [5.41, 5.74) is 2.23. The molecular formula is C15H20N4O2. The van der Waals surface area contributed by atoms with Crippen molar-refractivity contribution in [1.82, 2.24) is 15.5 Å². The van der Waals surface area contributed by atoms with E-state index in [9.17, 15) is 4.79 Å². The molecule has 2 aromatic heterocycles. The van der Waals surface area contributed by atoms with Crippen LogP contribution in [0, 0.1) is 13.8 Å². The average Bonchev–Trinajstić information content (AvgIpc) is 2.79. The Hall–Kier alpha value is -2.37. The first-order valence-corrected chi connectivity index (χ1v) is 6.96. The summed E-state index contributed by atoms with van der Waals surface area (Å²) >= 11 is 0. The number of nitrogens with zero attached hydrogens (tertiary/aromatic N) is 2. The van der Waals surface area contributed by atoms with Crippen molar-refractivity contribution >= 4 is 11.7 Å². The van der Waals surface area contributed by atoms with Crippen molar-refractivity contribution in [3.63, 3.8) is 0 Å². The summed E-state index contributed by atoms with van der Waals surface area (Å²) in [7, 11) is 0. The quantitative estimate of drug-likeness (QED) is 0.884. The number of aryl methyl sites for hydroxylation is 2. The zero-order chi connectivity index (χ0) is 15.4. The maximum atomic E-state index is 12.2. The number of amides is 1. The predicted octanol–water partition coefficient (Wildman–Crippen LogP) is 2.61. The number of nitrogens with one attached hydrogen (secondary N) is 2. The van der Waals surface area contributed by atoms with Crippen LogP contribution in [0.25, 0.3) is 0 Å². The van der Waals surface area contributed by atoms with E-state index in [2.05, 4.69) is 20.8 Å². The van der Waals surface area contributed by atoms with Crippen molar-refractivity contribution in [3.8, 4) is 0 Å². The smallest absolute Gasteiger partial charge is 0.253 e. The third-order valence-corrected chi connectivity index (χ3v) is 3.25. The van der Waals surface area contributed by atoms with Gasteiger partial charge in [0.05, 0.1) is 17.3 Å². The molecule has 2 N–H and O–H groups in total. The number of anilines is 1. The summed E-state index contributed by atoms with van der Waals surface area (Å²) in [5, 5.41) is 9.92. The Kier molecular flexibility index (Phi) is 4.57. The summed E-state index contributed by atoms with van der Waals surface area (Å²) in [4.78, 5) is 16.4. The van der Waals surface area contributed by atoms with E-state index in [-0.39, 0.29) is 11.9 Å². The maximum Gasteiger partial charge on any atom is 0.253 e. The van der Waals surface area contributed by atoms with Crippen molar-refractivity contribution in [2.45, 2.75) is 33.7 Å². The second-order valence-electron chi connectivity index (χ2n) is 4.90. The predicted molar refractivity (Wildman–Crippen MR) is 80.3 cm³/mol. The van der Waals surface area contributed by atoms with Crippen molar-refractivity contribution < 1.29 is 9.32 Å². The summed E-state index contributed by atoms with van der Waals surface area (Å²) < 4.78 is 5.12. The van der Waals surface area contributed by atoms with Crippen LogP contribution in [0.1, 0.15) is 47.3 Å². The Bertz CT molecular complexity index is 600. The van der Waals surface area contributed by atoms with Gasteiger partial charge in [-0.2, -0.15) is 0 Å². The molecular weight excluding hydrogens is 268 g/mol. The van der Waals surface area contributed by atoms with Crippen LogP contribution in [0.5, 0.6) is 0 Å². The molecule has 0 bridgehead atoms. The van der Waals surface area contributed by atoms with Crippen LogP contribution in [0.3, 0.4) is 0 Å². The lowest BCUT2D eigenvalue weighted by Gasteiger charge is -2.13. The Balaban J connectivity index is 2.07. The van der Waals surface area contributed by atoms with Crippen LogP contribution in [0.15, 0.2) is 22.9 Å². The lowest BCUT2D eigenvalue weighted by atomic mass is 10.1. The molecule has 0 spiro atoms. The van der Waals surface area contributed by atoms with Gasteiger partial charge in [-0.15, -0.1) is 0 Å². The van der Waals surface area contributed by atoms with Gasteiger partial charge in [0.15, 0.2) is 0 Å². The number of carbonyl (C=O) groups is 1. The van der Waals surface area contributed by atoms with Crippen molar-refractivity contribution in [2.75, 3.05) is 11.9 Å². The molecule has 0 fully saturated rings. The Morgan fingerprint density at radius 3 is 2.67 bits per heavy atom. The fraction of sp³-hybridized carbons (Fsp3) is 0.400. The van der Waals surface area contributed by atoms with Gasteiger partial charge in [0, 0.05) is 18.3 Å². The Morgan fingerprint density at radius 1 is 1.38 bits per heavy atom. The number of hydrogen-bond donors (Lipinski definition) is 2. The van der Waals surface area contributed by atoms with E-state index in [0.29, 0.717) is 5.56 Å². The van der Waals surface area contributed by atoms with Crippen LogP contribution in [0.4, 0.5) is 5.82 Å². The zero-order valence-electron chi connectivity index (χ0n) is 12.7. The molecule has 1 unspecified atom stereocenters. The molecule has 0 aromatic carbocycles. The molecule has 0 aliphatic rings. The van der Waals surface area contributed by atoms with Gasteiger partial charge in [-0.05, 0) is 39.8 Å². The van der Waals surface area contributed by atoms with Crippen molar-refractivity contribution in [2.24, 2.45) is 0 Å². The van der Waals surface area contributed by atoms with Gasteiger partial charge in [0.25, 0.3) is 5.91 Å². The summed E-state index contributed by atoms with van der Waals surface area (Å²) in [5.74, 6) is 1.31. The molecule has 0 aliphatic heterocycles. The van der Waals surface area contributed by atoms with Crippen LogP contribution >= 0.6 is 0 Å². The monoisotopic (exact) mass is 288 g/mol. The highest BCUT2D eigenvalue weighted by Crippen LogP contribution is 2.21. The zero-order valence-corrected chi connectivity index (χ0v) is 12.7. The second-order valence-corrected chi connectivity index (χ2v) is 4.90. The normalized spacial score (nSPS) is 12.0. The van der Waals surface area contributed by atoms with Gasteiger partial charge in [-0.3, -0.25) is 4.79 Å². The van der Waals surface area contributed by atoms with Gasteiger partial charge in [-0.25, -0.2) is 4.98 Å². The molecule has 0 radical (unpaired) electrons. The van der Waals surface area contributed by atoms with E-state index in [1.807, 2.05) is 27.7 Å². The molecule has 21 heavy (non-hydrogen) atoms. The molecule has 6 nitrogen and oxygen atoms in total. The van der Waals surface area contributed by atoms with Crippen molar-refractivity contribution in [1.29, 1.82) is 0 Å². The molecule has 1 atom stereocenters. The summed E-state index contributed by atoms with van der Waals surface area (Å²) in [6.07, 6.45) is 1.56. The van der Waals surface area contributed by atoms with Gasteiger partial charge in [-0.1, -0.05) is 5.16 Å². The number of pyridine rings is 1. The highest BCUT2D eigenvalue weighted by atomic mass is 16.5. The molecule has 112 valence electrons. The SMILES string of the molecule is CCNc1ccc(C(=O)NC(C)c2c(C)noc2C)cn1. The number of aromatic nitrogens is 2. The number of carbonyl (C=O) groups excluding carboxylic acids is 1. The largest absolute Gasteiger partial charge is 0.370 e. The maximum absolute atomic E-state index is 12.2. The lowest BCUT2D eigenvalue weighted by Crippen LogP contribution is -2.27. The van der Waals surface area contributed by atoms with Gasteiger partial charge in [0.2, 0.25) is 0 Å². The minimum atomic E-state index is -0.169. The van der Waals surface area contributed by atoms with E-state index < -0.39 is 0 Å². The molecule has 0 saturated heterocycles. The third-order valence-electron chi connectivity index (χ3n) is 3.25. The van der Waals surface area contributed by atoms with E-state index in [1.54, 1.807) is 18.3 Å². The lowest BCUT2D eigenvalue weighted by molar-refractivity contribution is 0.0939. The van der Waals surface area contributed by atoms with Crippen molar-refractivity contribution in [3.05, 3.63) is 40.9 Å². The molecule has 1 amide bonds. The minimum Gasteiger partial charge on any atom is -0.370 e. The number of rotatable bonds is 5. The Morgan fingerprint density at radius 2 is 2.14 bits per heavy atom.